The zero-order chi connectivity index (χ0) is 26.0. The Labute approximate surface area is 200 Å². The molecule has 1 rings (SSSR count). The van der Waals surface area contributed by atoms with Gasteiger partial charge in [0.25, 0.3) is 0 Å². The minimum atomic E-state index is -1.33. The molecule has 34 heavy (non-hydrogen) atoms. The first-order chi connectivity index (χ1) is 15.9. The highest BCUT2D eigenvalue weighted by molar-refractivity contribution is 5.77. The number of rotatable bonds is 13. The van der Waals surface area contributed by atoms with E-state index in [1.165, 1.54) is 12.1 Å². The number of aliphatic carboxylic acids is 1. The molecule has 1 aromatic rings. The Balaban J connectivity index is 3.33. The lowest BCUT2D eigenvalue weighted by Gasteiger charge is -2.32. The number of nitrogens with two attached hydrogens (primary N) is 1. The van der Waals surface area contributed by atoms with Gasteiger partial charge in [-0.3, -0.25) is 19.2 Å². The molecule has 0 aliphatic rings. The van der Waals surface area contributed by atoms with Gasteiger partial charge in [0.2, 0.25) is 0 Å². The quantitative estimate of drug-likeness (QED) is 0.319. The molecular formula is C25H37NO8. The van der Waals surface area contributed by atoms with Crippen molar-refractivity contribution in [3.05, 3.63) is 23.8 Å². The molecule has 9 nitrogen and oxygen atoms in total. The number of hydrogen-bond donors (Lipinski definition) is 2. The van der Waals surface area contributed by atoms with Gasteiger partial charge in [-0.1, -0.05) is 40.7 Å². The monoisotopic (exact) mass is 479 g/mol. The molecule has 0 saturated heterocycles. The summed E-state index contributed by atoms with van der Waals surface area (Å²) in [4.78, 5) is 47.8. The molecule has 0 aliphatic heterocycles. The van der Waals surface area contributed by atoms with Crippen LogP contribution in [0.25, 0.3) is 0 Å². The van der Waals surface area contributed by atoms with Crippen LogP contribution in [-0.4, -0.2) is 41.1 Å². The van der Waals surface area contributed by atoms with Crippen LogP contribution in [0.15, 0.2) is 18.2 Å². The van der Waals surface area contributed by atoms with E-state index in [1.54, 1.807) is 33.8 Å². The highest BCUT2D eigenvalue weighted by Gasteiger charge is 2.35. The number of ether oxygens (including phenoxy) is 3. The Hall–Kier alpha value is -2.94. The smallest absolute Gasteiger partial charge is 0.321 e. The van der Waals surface area contributed by atoms with Crippen LogP contribution < -0.4 is 15.2 Å². The van der Waals surface area contributed by atoms with Crippen LogP contribution in [0.1, 0.15) is 78.7 Å². The van der Waals surface area contributed by atoms with Crippen LogP contribution in [0.3, 0.4) is 0 Å². The highest BCUT2D eigenvalue weighted by Crippen LogP contribution is 2.37. The molecule has 3 N–H and O–H groups in total. The number of benzene rings is 1. The summed E-state index contributed by atoms with van der Waals surface area (Å²) >= 11 is 0. The third kappa shape index (κ3) is 8.78. The fourth-order valence-electron chi connectivity index (χ4n) is 3.35. The van der Waals surface area contributed by atoms with Gasteiger partial charge < -0.3 is 25.1 Å². The van der Waals surface area contributed by atoms with E-state index in [9.17, 15) is 24.3 Å². The summed E-state index contributed by atoms with van der Waals surface area (Å²) < 4.78 is 16.2. The van der Waals surface area contributed by atoms with Crippen molar-refractivity contribution in [1.82, 2.24) is 0 Å². The molecule has 190 valence electrons. The maximum absolute atomic E-state index is 12.2. The number of esters is 3. The SMILES string of the molecule is CCC(=O)Oc1ccc(C(C(C)C(C)OC(=O)CCC(C)C)[C@H](N)C(=O)O)cc1OC(=O)CC. The number of hydrogen-bond acceptors (Lipinski definition) is 8. The van der Waals surface area contributed by atoms with Crippen molar-refractivity contribution in [3.63, 3.8) is 0 Å². The van der Waals surface area contributed by atoms with Crippen molar-refractivity contribution >= 4 is 23.9 Å². The number of carboxylic acid groups (broad SMARTS) is 1. The zero-order valence-corrected chi connectivity index (χ0v) is 20.8. The molecule has 1 aromatic carbocycles. The van der Waals surface area contributed by atoms with Crippen LogP contribution in [0, 0.1) is 11.8 Å². The molecule has 0 fully saturated rings. The molecular weight excluding hydrogens is 442 g/mol. The lowest BCUT2D eigenvalue weighted by Crippen LogP contribution is -2.42. The standard InChI is InChI=1S/C25H37NO8/c1-7-20(27)33-18-11-10-17(13-19(18)34-21(28)8-2)23(24(26)25(30)31)15(5)16(6)32-22(29)12-9-14(3)4/h10-11,13-16,23-24H,7-9,12,26H2,1-6H3,(H,30,31)/t15?,16?,23?,24-/m0/s1. The summed E-state index contributed by atoms with van der Waals surface area (Å²) in [7, 11) is 0. The first-order valence-electron chi connectivity index (χ1n) is 11.6. The van der Waals surface area contributed by atoms with E-state index in [0.717, 1.165) is 0 Å². The topological polar surface area (TPSA) is 142 Å². The predicted molar refractivity (Wildman–Crippen MR) is 125 cm³/mol. The second kappa shape index (κ2) is 13.7. The fraction of sp³-hybridized carbons (Fsp3) is 0.600. The van der Waals surface area contributed by atoms with Gasteiger partial charge in [0.05, 0.1) is 0 Å². The Morgan fingerprint density at radius 2 is 1.47 bits per heavy atom. The van der Waals surface area contributed by atoms with E-state index >= 15 is 0 Å². The summed E-state index contributed by atoms with van der Waals surface area (Å²) in [6, 6.07) is 3.13. The number of carbonyl (C=O) groups excluding carboxylic acids is 3. The first kappa shape index (κ1) is 29.1. The molecule has 0 aliphatic carbocycles. The van der Waals surface area contributed by atoms with Crippen LogP contribution in [0.5, 0.6) is 11.5 Å². The lowest BCUT2D eigenvalue weighted by atomic mass is 9.79. The molecule has 0 radical (unpaired) electrons. The zero-order valence-electron chi connectivity index (χ0n) is 20.8. The molecule has 0 bridgehead atoms. The van der Waals surface area contributed by atoms with Crippen molar-refractivity contribution in [2.75, 3.05) is 0 Å². The Morgan fingerprint density at radius 1 is 0.912 bits per heavy atom. The summed E-state index contributed by atoms with van der Waals surface area (Å²) in [5.41, 5.74) is 6.49. The largest absolute Gasteiger partial charge is 0.480 e. The van der Waals surface area contributed by atoms with E-state index in [4.69, 9.17) is 19.9 Å². The van der Waals surface area contributed by atoms with Gasteiger partial charge in [0.15, 0.2) is 11.5 Å². The lowest BCUT2D eigenvalue weighted by molar-refractivity contribution is -0.151. The van der Waals surface area contributed by atoms with Crippen molar-refractivity contribution < 1.29 is 38.5 Å². The summed E-state index contributed by atoms with van der Waals surface area (Å²) in [5, 5.41) is 9.64. The molecule has 0 aromatic heterocycles. The van der Waals surface area contributed by atoms with Crippen LogP contribution in [-0.2, 0) is 23.9 Å². The predicted octanol–water partition coefficient (Wildman–Crippen LogP) is 3.82. The molecule has 4 atom stereocenters. The highest BCUT2D eigenvalue weighted by atomic mass is 16.6. The van der Waals surface area contributed by atoms with E-state index in [1.807, 2.05) is 13.8 Å². The summed E-state index contributed by atoms with van der Waals surface area (Å²) in [6.45, 7) is 10.7. The van der Waals surface area contributed by atoms with Gasteiger partial charge in [0, 0.05) is 31.1 Å². The van der Waals surface area contributed by atoms with Crippen molar-refractivity contribution in [1.29, 1.82) is 0 Å². The van der Waals surface area contributed by atoms with E-state index < -0.39 is 41.9 Å². The second-order valence-corrected chi connectivity index (χ2v) is 8.74. The average Bonchev–Trinajstić information content (AvgIpc) is 2.78. The Kier molecular flexibility index (Phi) is 11.7. The van der Waals surface area contributed by atoms with Crippen molar-refractivity contribution in [2.45, 2.75) is 85.3 Å². The minimum absolute atomic E-state index is 0.0116. The van der Waals surface area contributed by atoms with Gasteiger partial charge in [-0.25, -0.2) is 0 Å². The minimum Gasteiger partial charge on any atom is -0.480 e. The third-order valence-corrected chi connectivity index (χ3v) is 5.60. The number of carboxylic acids is 1. The summed E-state index contributed by atoms with van der Waals surface area (Å²) in [6.07, 6.45) is 0.519. The molecule has 3 unspecified atom stereocenters. The van der Waals surface area contributed by atoms with Crippen molar-refractivity contribution in [2.24, 2.45) is 17.6 Å². The second-order valence-electron chi connectivity index (χ2n) is 8.74. The van der Waals surface area contributed by atoms with Crippen LogP contribution in [0.2, 0.25) is 0 Å². The molecule has 0 spiro atoms. The van der Waals surface area contributed by atoms with Gasteiger partial charge in [-0.05, 0) is 37.0 Å². The Morgan fingerprint density at radius 3 is 1.97 bits per heavy atom. The van der Waals surface area contributed by atoms with Crippen LogP contribution in [0.4, 0.5) is 0 Å². The van der Waals surface area contributed by atoms with Crippen molar-refractivity contribution in [3.8, 4) is 11.5 Å². The Bertz CT molecular complexity index is 866. The first-order valence-corrected chi connectivity index (χ1v) is 11.6. The maximum Gasteiger partial charge on any atom is 0.321 e. The number of carbonyl (C=O) groups is 4. The van der Waals surface area contributed by atoms with Gasteiger partial charge >= 0.3 is 23.9 Å². The van der Waals surface area contributed by atoms with Gasteiger partial charge in [-0.2, -0.15) is 0 Å². The molecule has 9 heteroatoms. The normalized spacial score (nSPS) is 14.6. The summed E-state index contributed by atoms with van der Waals surface area (Å²) in [5.74, 6) is -3.57. The van der Waals surface area contributed by atoms with Gasteiger partial charge in [-0.15, -0.1) is 0 Å². The van der Waals surface area contributed by atoms with E-state index in [0.29, 0.717) is 17.9 Å². The molecule has 0 heterocycles. The molecule has 0 saturated carbocycles. The van der Waals surface area contributed by atoms with E-state index in [2.05, 4.69) is 0 Å². The average molecular weight is 480 g/mol. The maximum atomic E-state index is 12.2. The molecule has 0 amide bonds. The van der Waals surface area contributed by atoms with Gasteiger partial charge in [0.1, 0.15) is 12.1 Å². The fourth-order valence-corrected chi connectivity index (χ4v) is 3.35. The van der Waals surface area contributed by atoms with Crippen LogP contribution >= 0.6 is 0 Å². The van der Waals surface area contributed by atoms with E-state index in [-0.39, 0.29) is 36.7 Å². The third-order valence-electron chi connectivity index (χ3n) is 5.60.